The van der Waals surface area contributed by atoms with Crippen molar-refractivity contribution in [3.8, 4) is 11.8 Å². The van der Waals surface area contributed by atoms with Crippen LogP contribution in [0.25, 0.3) is 0 Å². The van der Waals surface area contributed by atoms with E-state index in [0.29, 0.717) is 31.2 Å². The molecule has 0 saturated heterocycles. The summed E-state index contributed by atoms with van der Waals surface area (Å²) in [5, 5.41) is 3.01. The number of nitrogens with two attached hydrogens (primary N) is 1. The fraction of sp³-hybridized carbons (Fsp3) is 0.471. The van der Waals surface area contributed by atoms with E-state index in [-0.39, 0.29) is 11.9 Å². The maximum atomic E-state index is 12.3. The van der Waals surface area contributed by atoms with Gasteiger partial charge in [-0.3, -0.25) is 4.79 Å². The molecule has 0 radical (unpaired) electrons. The van der Waals surface area contributed by atoms with Crippen molar-refractivity contribution in [3.63, 3.8) is 0 Å². The highest BCUT2D eigenvalue weighted by atomic mass is 16.5. The first-order valence-electron chi connectivity index (χ1n) is 7.26. The Bertz CT molecular complexity index is 515. The molecular weight excluding hydrogens is 264 g/mol. The lowest BCUT2D eigenvalue weighted by atomic mass is 10.0. The molecule has 0 aliphatic carbocycles. The summed E-state index contributed by atoms with van der Waals surface area (Å²) in [7, 11) is 0. The van der Waals surface area contributed by atoms with E-state index >= 15 is 0 Å². The van der Waals surface area contributed by atoms with Gasteiger partial charge >= 0.3 is 0 Å². The van der Waals surface area contributed by atoms with Gasteiger partial charge in [0, 0.05) is 17.7 Å². The molecule has 1 unspecified atom stereocenters. The van der Waals surface area contributed by atoms with Crippen molar-refractivity contribution < 1.29 is 9.53 Å². The molecule has 1 aromatic rings. The predicted molar refractivity (Wildman–Crippen MR) is 85.0 cm³/mol. The highest BCUT2D eigenvalue weighted by Crippen LogP contribution is 2.07. The molecule has 0 fully saturated rings. The van der Waals surface area contributed by atoms with Gasteiger partial charge in [0.2, 0.25) is 0 Å². The van der Waals surface area contributed by atoms with Crippen molar-refractivity contribution in [2.75, 3.05) is 19.8 Å². The topological polar surface area (TPSA) is 64.3 Å². The first kappa shape index (κ1) is 17.2. The van der Waals surface area contributed by atoms with Crippen molar-refractivity contribution in [2.24, 2.45) is 11.7 Å². The van der Waals surface area contributed by atoms with Crippen molar-refractivity contribution in [1.29, 1.82) is 0 Å². The molecule has 4 nitrogen and oxygen atoms in total. The van der Waals surface area contributed by atoms with E-state index in [1.165, 1.54) is 0 Å². The molecule has 21 heavy (non-hydrogen) atoms. The molecule has 0 saturated carbocycles. The smallest absolute Gasteiger partial charge is 0.251 e. The number of carbonyl (C=O) groups excluding carboxylic acids is 1. The number of ether oxygens (including phenoxy) is 1. The van der Waals surface area contributed by atoms with Gasteiger partial charge < -0.3 is 15.8 Å². The second-order valence-electron chi connectivity index (χ2n) is 5.07. The van der Waals surface area contributed by atoms with Crippen LogP contribution in [0.2, 0.25) is 0 Å². The highest BCUT2D eigenvalue weighted by Gasteiger charge is 2.17. The van der Waals surface area contributed by atoms with Crippen molar-refractivity contribution in [3.05, 3.63) is 35.4 Å². The molecule has 0 aromatic heterocycles. The largest absolute Gasteiger partial charge is 0.380 e. The summed E-state index contributed by atoms with van der Waals surface area (Å²) in [6.07, 6.45) is 0. The van der Waals surface area contributed by atoms with Crippen LogP contribution in [-0.2, 0) is 4.74 Å². The van der Waals surface area contributed by atoms with Gasteiger partial charge in [-0.2, -0.15) is 0 Å². The lowest BCUT2D eigenvalue weighted by molar-refractivity contribution is 0.0806. The van der Waals surface area contributed by atoms with E-state index in [1.807, 2.05) is 19.1 Å². The lowest BCUT2D eigenvalue weighted by Gasteiger charge is -2.22. The molecule has 0 heterocycles. The van der Waals surface area contributed by atoms with Crippen LogP contribution < -0.4 is 11.1 Å². The number of amides is 1. The fourth-order valence-electron chi connectivity index (χ4n) is 1.79. The monoisotopic (exact) mass is 288 g/mol. The number of carbonyl (C=O) groups is 1. The Morgan fingerprint density at radius 2 is 2.19 bits per heavy atom. The van der Waals surface area contributed by atoms with E-state index < -0.39 is 0 Å². The maximum Gasteiger partial charge on any atom is 0.251 e. The van der Waals surface area contributed by atoms with Gasteiger partial charge in [0.15, 0.2) is 0 Å². The normalized spacial score (nSPS) is 11.7. The average molecular weight is 288 g/mol. The molecular formula is C17H24N2O2. The molecule has 114 valence electrons. The second kappa shape index (κ2) is 9.17. The summed E-state index contributed by atoms with van der Waals surface area (Å²) in [6.45, 7) is 7.54. The maximum absolute atomic E-state index is 12.3. The van der Waals surface area contributed by atoms with Gasteiger partial charge in [0.05, 0.1) is 19.2 Å². The molecule has 0 aliphatic rings. The van der Waals surface area contributed by atoms with Gasteiger partial charge in [0.1, 0.15) is 0 Å². The SMILES string of the molecule is CCOCC(NC(=O)c1cccc(C#CCN)c1)C(C)C. The Balaban J connectivity index is 2.77. The lowest BCUT2D eigenvalue weighted by Crippen LogP contribution is -2.41. The molecule has 3 N–H and O–H groups in total. The molecule has 1 rings (SSSR count). The summed E-state index contributed by atoms with van der Waals surface area (Å²) in [5.41, 5.74) is 6.74. The molecule has 1 aromatic carbocycles. The van der Waals surface area contributed by atoms with Gasteiger partial charge in [0.25, 0.3) is 5.91 Å². The van der Waals surface area contributed by atoms with Crippen LogP contribution in [0.3, 0.4) is 0 Å². The highest BCUT2D eigenvalue weighted by molar-refractivity contribution is 5.94. The molecule has 1 amide bonds. The Labute approximate surface area is 127 Å². The minimum atomic E-state index is -0.107. The zero-order chi connectivity index (χ0) is 15.7. The molecule has 4 heteroatoms. The van der Waals surface area contributed by atoms with Crippen LogP contribution in [0.15, 0.2) is 24.3 Å². The minimum Gasteiger partial charge on any atom is -0.380 e. The van der Waals surface area contributed by atoms with Crippen molar-refractivity contribution in [1.82, 2.24) is 5.32 Å². The van der Waals surface area contributed by atoms with Gasteiger partial charge in [-0.1, -0.05) is 31.8 Å². The van der Waals surface area contributed by atoms with E-state index in [2.05, 4.69) is 31.0 Å². The Hall–Kier alpha value is -1.83. The van der Waals surface area contributed by atoms with Gasteiger partial charge in [-0.05, 0) is 31.0 Å². The first-order valence-corrected chi connectivity index (χ1v) is 7.26. The summed E-state index contributed by atoms with van der Waals surface area (Å²) < 4.78 is 5.42. The van der Waals surface area contributed by atoms with Crippen LogP contribution in [0.4, 0.5) is 0 Å². The summed E-state index contributed by atoms with van der Waals surface area (Å²) >= 11 is 0. The standard InChI is InChI=1S/C17H24N2O2/c1-4-21-12-16(13(2)3)19-17(20)15-9-5-7-14(11-15)8-6-10-18/h5,7,9,11,13,16H,4,10,12,18H2,1-3H3,(H,19,20). The minimum absolute atomic E-state index is 0.00349. The van der Waals surface area contributed by atoms with E-state index in [4.69, 9.17) is 10.5 Å². The third-order valence-electron chi connectivity index (χ3n) is 3.08. The Morgan fingerprint density at radius 1 is 1.43 bits per heavy atom. The summed E-state index contributed by atoms with van der Waals surface area (Å²) in [4.78, 5) is 12.3. The van der Waals surface area contributed by atoms with E-state index in [9.17, 15) is 4.79 Å². The van der Waals surface area contributed by atoms with Gasteiger partial charge in [-0.15, -0.1) is 0 Å². The Morgan fingerprint density at radius 3 is 2.81 bits per heavy atom. The molecule has 0 spiro atoms. The molecule has 0 bridgehead atoms. The van der Waals surface area contributed by atoms with Crippen LogP contribution in [0.5, 0.6) is 0 Å². The zero-order valence-corrected chi connectivity index (χ0v) is 13.0. The number of rotatable bonds is 6. The van der Waals surface area contributed by atoms with E-state index in [1.54, 1.807) is 12.1 Å². The van der Waals surface area contributed by atoms with Crippen LogP contribution >= 0.6 is 0 Å². The first-order chi connectivity index (χ1) is 10.1. The number of hydrogen-bond acceptors (Lipinski definition) is 3. The van der Waals surface area contributed by atoms with Crippen LogP contribution in [0, 0.1) is 17.8 Å². The van der Waals surface area contributed by atoms with Crippen LogP contribution in [0.1, 0.15) is 36.7 Å². The summed E-state index contributed by atoms with van der Waals surface area (Å²) in [6, 6.07) is 7.23. The zero-order valence-electron chi connectivity index (χ0n) is 13.0. The molecule has 1 atom stereocenters. The van der Waals surface area contributed by atoms with Crippen molar-refractivity contribution >= 4 is 5.91 Å². The number of hydrogen-bond donors (Lipinski definition) is 2. The third kappa shape index (κ3) is 5.99. The van der Waals surface area contributed by atoms with E-state index in [0.717, 1.165) is 5.56 Å². The average Bonchev–Trinajstić information content (AvgIpc) is 2.49. The summed E-state index contributed by atoms with van der Waals surface area (Å²) in [5.74, 6) is 5.91. The number of nitrogens with one attached hydrogen (secondary N) is 1. The third-order valence-corrected chi connectivity index (χ3v) is 3.08. The van der Waals surface area contributed by atoms with Crippen LogP contribution in [-0.4, -0.2) is 31.7 Å². The van der Waals surface area contributed by atoms with Crippen molar-refractivity contribution in [2.45, 2.75) is 26.8 Å². The quantitative estimate of drug-likeness (QED) is 0.784. The fourth-order valence-corrected chi connectivity index (χ4v) is 1.79. The molecule has 0 aliphatic heterocycles. The second-order valence-corrected chi connectivity index (χ2v) is 5.07. The predicted octanol–water partition coefficient (Wildman–Crippen LogP) is 1.79. The number of benzene rings is 1. The van der Waals surface area contributed by atoms with Gasteiger partial charge in [-0.25, -0.2) is 0 Å². The Kier molecular flexibility index (Phi) is 7.52.